The summed E-state index contributed by atoms with van der Waals surface area (Å²) in [6, 6.07) is 1.64. The Bertz CT molecular complexity index is 337. The van der Waals surface area contributed by atoms with Crippen molar-refractivity contribution in [3.8, 4) is 0 Å². The zero-order valence-corrected chi connectivity index (χ0v) is 6.98. The third kappa shape index (κ3) is 3.22. The monoisotopic (exact) mass is 183 g/mol. The van der Waals surface area contributed by atoms with Gasteiger partial charge in [0.1, 0.15) is 5.69 Å². The molecule has 0 aliphatic rings. The first-order valence-electron chi connectivity index (χ1n) is 3.26. The number of hydrogen-bond acceptors (Lipinski definition) is 4. The molecule has 1 amide bonds. The average Bonchev–Trinajstić information content (AvgIpc) is 2.31. The van der Waals surface area contributed by atoms with Crippen LogP contribution in [0.25, 0.3) is 0 Å². The summed E-state index contributed by atoms with van der Waals surface area (Å²) in [4.78, 5) is 26.8. The summed E-state index contributed by atoms with van der Waals surface area (Å²) in [7, 11) is 0. The van der Waals surface area contributed by atoms with E-state index in [4.69, 9.17) is 21.2 Å². The molecular weight excluding hydrogens is 174 g/mol. The summed E-state index contributed by atoms with van der Waals surface area (Å²) < 4.78 is 1.22. The molecule has 1 rings (SSSR count). The third-order valence-corrected chi connectivity index (χ3v) is 1.24. The van der Waals surface area contributed by atoms with E-state index in [1.807, 2.05) is 6.92 Å². The summed E-state index contributed by atoms with van der Waals surface area (Å²) in [5.74, 6) is 4.85. The van der Waals surface area contributed by atoms with Gasteiger partial charge in [0.25, 0.3) is 5.91 Å². The molecule has 70 valence electrons. The predicted molar refractivity (Wildman–Crippen MR) is 42.8 cm³/mol. The highest BCUT2D eigenvalue weighted by Gasteiger charge is 2.05. The molecule has 0 spiro atoms. The number of nitrogens with two attached hydrogens (primary N) is 2. The second kappa shape index (κ2) is 4.74. The van der Waals surface area contributed by atoms with Crippen molar-refractivity contribution in [2.45, 2.75) is 6.92 Å². The number of hydrogen-bond donors (Lipinski definition) is 2. The Morgan fingerprint density at radius 2 is 2.00 bits per heavy atom. The number of rotatable bonds is 1. The Morgan fingerprint density at radius 1 is 1.54 bits per heavy atom. The van der Waals surface area contributed by atoms with Gasteiger partial charge in [0.05, 0.1) is 0 Å². The lowest BCUT2D eigenvalue weighted by Gasteiger charge is -1.94. The molecule has 1 aromatic rings. The van der Waals surface area contributed by atoms with Crippen molar-refractivity contribution in [2.75, 3.05) is 5.84 Å². The van der Waals surface area contributed by atoms with Crippen molar-refractivity contribution in [3.05, 3.63) is 23.5 Å². The smallest absolute Gasteiger partial charge is 0.364 e. The Balaban J connectivity index is 0.000000424. The quantitative estimate of drug-likeness (QED) is 0.545. The molecule has 0 bridgehead atoms. The standard InChI is InChI=1S/C6H9N3O.CO2/c1-4-2-5(6(7)10)9(8)3-4;2-1-3/h2-3H,8H2,1H3,(H2,7,10);. The maximum atomic E-state index is 10.6. The summed E-state index contributed by atoms with van der Waals surface area (Å²) in [5, 5.41) is 0. The zero-order valence-electron chi connectivity index (χ0n) is 6.98. The molecule has 0 aliphatic carbocycles. The largest absolute Gasteiger partial charge is 0.373 e. The van der Waals surface area contributed by atoms with Crippen molar-refractivity contribution in [1.29, 1.82) is 0 Å². The molecule has 0 radical (unpaired) electrons. The first-order chi connectivity index (χ1) is 6.02. The van der Waals surface area contributed by atoms with Gasteiger partial charge in [-0.05, 0) is 18.6 Å². The summed E-state index contributed by atoms with van der Waals surface area (Å²) in [6.45, 7) is 1.84. The molecule has 0 aromatic carbocycles. The highest BCUT2D eigenvalue weighted by Crippen LogP contribution is 2.02. The van der Waals surface area contributed by atoms with Crippen LogP contribution in [-0.4, -0.2) is 16.7 Å². The molecule has 0 atom stereocenters. The maximum Gasteiger partial charge on any atom is 0.373 e. The lowest BCUT2D eigenvalue weighted by molar-refractivity contribution is -0.191. The van der Waals surface area contributed by atoms with Crippen LogP contribution >= 0.6 is 0 Å². The average molecular weight is 183 g/mol. The molecule has 1 heterocycles. The Kier molecular flexibility index (Phi) is 3.98. The fraction of sp³-hybridized carbons (Fsp3) is 0.143. The third-order valence-electron chi connectivity index (χ3n) is 1.24. The van der Waals surface area contributed by atoms with Crippen molar-refractivity contribution >= 4 is 12.1 Å². The Hall–Kier alpha value is -2.07. The number of aromatic nitrogens is 1. The number of carbonyl (C=O) groups excluding carboxylic acids is 3. The Morgan fingerprint density at radius 3 is 2.15 bits per heavy atom. The van der Waals surface area contributed by atoms with Crippen LogP contribution in [0.15, 0.2) is 12.3 Å². The molecule has 6 heteroatoms. The Labute approximate surface area is 74.1 Å². The number of carbonyl (C=O) groups is 1. The topological polar surface area (TPSA) is 108 Å². The molecule has 4 N–H and O–H groups in total. The lowest BCUT2D eigenvalue weighted by atomic mass is 10.3. The minimum atomic E-state index is -0.504. The van der Waals surface area contributed by atoms with Crippen LogP contribution in [0, 0.1) is 6.92 Å². The van der Waals surface area contributed by atoms with E-state index >= 15 is 0 Å². The molecular formula is C7H9N3O3. The zero-order chi connectivity index (χ0) is 10.4. The molecule has 0 saturated heterocycles. The SMILES string of the molecule is Cc1cc(C(N)=O)n(N)c1.O=C=O. The predicted octanol–water partition coefficient (Wildman–Crippen LogP) is -0.974. The lowest BCUT2D eigenvalue weighted by Crippen LogP contribution is -2.20. The van der Waals surface area contributed by atoms with E-state index in [2.05, 4.69) is 0 Å². The molecule has 1 aromatic heterocycles. The van der Waals surface area contributed by atoms with Gasteiger partial charge in [0.15, 0.2) is 0 Å². The molecule has 0 fully saturated rings. The van der Waals surface area contributed by atoms with Gasteiger partial charge in [-0.3, -0.25) is 9.47 Å². The van der Waals surface area contributed by atoms with Crippen molar-refractivity contribution in [3.63, 3.8) is 0 Å². The van der Waals surface area contributed by atoms with Crippen LogP contribution in [0.5, 0.6) is 0 Å². The van der Waals surface area contributed by atoms with Crippen LogP contribution in [0.2, 0.25) is 0 Å². The molecule has 0 saturated carbocycles. The van der Waals surface area contributed by atoms with Crippen LogP contribution in [-0.2, 0) is 9.59 Å². The summed E-state index contributed by atoms with van der Waals surface area (Å²) >= 11 is 0. The number of nitrogens with zero attached hydrogens (tertiary/aromatic N) is 1. The second-order valence-corrected chi connectivity index (χ2v) is 2.26. The van der Waals surface area contributed by atoms with E-state index in [0.717, 1.165) is 5.56 Å². The van der Waals surface area contributed by atoms with E-state index in [9.17, 15) is 4.79 Å². The van der Waals surface area contributed by atoms with Gasteiger partial charge >= 0.3 is 6.15 Å². The van der Waals surface area contributed by atoms with E-state index in [0.29, 0.717) is 5.69 Å². The number of amides is 1. The highest BCUT2D eigenvalue weighted by molar-refractivity contribution is 5.91. The highest BCUT2D eigenvalue weighted by atomic mass is 16.2. The van der Waals surface area contributed by atoms with Crippen LogP contribution in [0.1, 0.15) is 16.1 Å². The van der Waals surface area contributed by atoms with Gasteiger partial charge in [-0.15, -0.1) is 0 Å². The normalized spacial score (nSPS) is 8.08. The van der Waals surface area contributed by atoms with Gasteiger partial charge in [-0.25, -0.2) is 0 Å². The van der Waals surface area contributed by atoms with E-state index in [1.165, 1.54) is 4.68 Å². The molecule has 6 nitrogen and oxygen atoms in total. The molecule has 0 unspecified atom stereocenters. The number of primary amides is 1. The van der Waals surface area contributed by atoms with Crippen molar-refractivity contribution in [1.82, 2.24) is 4.68 Å². The fourth-order valence-corrected chi connectivity index (χ4v) is 0.815. The molecule has 0 aliphatic heterocycles. The van der Waals surface area contributed by atoms with Gasteiger partial charge in [0, 0.05) is 6.20 Å². The van der Waals surface area contributed by atoms with Crippen molar-refractivity contribution < 1.29 is 14.4 Å². The molecule has 13 heavy (non-hydrogen) atoms. The van der Waals surface area contributed by atoms with E-state index in [1.54, 1.807) is 12.3 Å². The van der Waals surface area contributed by atoms with Crippen LogP contribution in [0.4, 0.5) is 0 Å². The van der Waals surface area contributed by atoms with E-state index in [-0.39, 0.29) is 6.15 Å². The minimum absolute atomic E-state index is 0.250. The van der Waals surface area contributed by atoms with E-state index < -0.39 is 5.91 Å². The maximum absolute atomic E-state index is 10.6. The first-order valence-corrected chi connectivity index (χ1v) is 3.26. The first kappa shape index (κ1) is 10.9. The number of aryl methyl sites for hydroxylation is 1. The second-order valence-electron chi connectivity index (χ2n) is 2.26. The van der Waals surface area contributed by atoms with Gasteiger partial charge < -0.3 is 11.6 Å². The van der Waals surface area contributed by atoms with Gasteiger partial charge in [0.2, 0.25) is 0 Å². The van der Waals surface area contributed by atoms with Crippen molar-refractivity contribution in [2.24, 2.45) is 5.73 Å². The fourth-order valence-electron chi connectivity index (χ4n) is 0.815. The van der Waals surface area contributed by atoms with Gasteiger partial charge in [-0.2, -0.15) is 9.59 Å². The van der Waals surface area contributed by atoms with Crippen LogP contribution in [0.3, 0.4) is 0 Å². The summed E-state index contributed by atoms with van der Waals surface area (Å²) in [6.07, 6.45) is 1.89. The number of nitrogen functional groups attached to an aromatic ring is 1. The van der Waals surface area contributed by atoms with Crippen LogP contribution < -0.4 is 11.6 Å². The summed E-state index contributed by atoms with van der Waals surface area (Å²) in [5.41, 5.74) is 6.25. The van der Waals surface area contributed by atoms with Gasteiger partial charge in [-0.1, -0.05) is 0 Å². The minimum Gasteiger partial charge on any atom is -0.364 e.